The average molecular weight is 263 g/mol. The number of aromatic nitrogens is 3. The maximum Gasteiger partial charge on any atom is 0.433 e. The van der Waals surface area contributed by atoms with Crippen LogP contribution in [0.3, 0.4) is 0 Å². The molecule has 0 radical (unpaired) electrons. The Balaban J connectivity index is 2.39. The zero-order chi connectivity index (χ0) is 12.5. The van der Waals surface area contributed by atoms with E-state index < -0.39 is 11.9 Å². The van der Waals surface area contributed by atoms with Crippen LogP contribution in [-0.2, 0) is 6.18 Å². The van der Waals surface area contributed by atoms with Crippen LogP contribution in [0.15, 0.2) is 30.5 Å². The minimum Gasteiger partial charge on any atom is -0.242 e. The molecule has 0 spiro atoms. The van der Waals surface area contributed by atoms with E-state index in [1.807, 2.05) is 0 Å². The number of pyridine rings is 1. The highest BCUT2D eigenvalue weighted by Gasteiger charge is 2.32. The van der Waals surface area contributed by atoms with Crippen LogP contribution >= 0.6 is 12.3 Å². The van der Waals surface area contributed by atoms with Crippen LogP contribution in [0.2, 0.25) is 0 Å². The first-order valence-electron chi connectivity index (χ1n) is 4.40. The molecule has 0 N–H and O–H groups in total. The molecule has 90 valence electrons. The maximum absolute atomic E-state index is 12.4. The third-order valence-corrected chi connectivity index (χ3v) is 2.28. The highest BCUT2D eigenvalue weighted by atomic mass is 32.2. The van der Waals surface area contributed by atoms with Gasteiger partial charge >= 0.3 is 6.18 Å². The SMILES string of the molecule is FSn1ccc(-c2cccc(C(F)(F)F)n2)n1. The number of alkyl halides is 3. The first-order valence-corrected chi connectivity index (χ1v) is 5.07. The standard InChI is InChI=1S/C9H5F4N3S/c10-9(11,12)8-3-1-2-6(14-8)7-4-5-16(15-7)17-13/h1-5H. The third-order valence-electron chi connectivity index (χ3n) is 1.94. The Morgan fingerprint density at radius 2 is 1.88 bits per heavy atom. The third kappa shape index (κ3) is 2.57. The topological polar surface area (TPSA) is 30.7 Å². The summed E-state index contributed by atoms with van der Waals surface area (Å²) in [4.78, 5) is 3.43. The first kappa shape index (κ1) is 11.9. The summed E-state index contributed by atoms with van der Waals surface area (Å²) < 4.78 is 50.2. The van der Waals surface area contributed by atoms with Gasteiger partial charge < -0.3 is 0 Å². The normalized spacial score (nSPS) is 11.8. The molecule has 0 bridgehead atoms. The Bertz CT molecular complexity index is 523. The Labute approximate surface area is 97.9 Å². The van der Waals surface area contributed by atoms with Crippen molar-refractivity contribution in [1.29, 1.82) is 0 Å². The molecular weight excluding hydrogens is 258 g/mol. The molecule has 3 nitrogen and oxygen atoms in total. The van der Waals surface area contributed by atoms with E-state index in [4.69, 9.17) is 0 Å². The molecule has 17 heavy (non-hydrogen) atoms. The number of hydrogen-bond donors (Lipinski definition) is 0. The Kier molecular flexibility index (Phi) is 3.05. The predicted molar refractivity (Wildman–Crippen MR) is 54.6 cm³/mol. The molecule has 0 aliphatic heterocycles. The van der Waals surface area contributed by atoms with E-state index in [0.717, 1.165) is 10.2 Å². The van der Waals surface area contributed by atoms with Gasteiger partial charge in [0.25, 0.3) is 0 Å². The Morgan fingerprint density at radius 1 is 1.12 bits per heavy atom. The van der Waals surface area contributed by atoms with Crippen LogP contribution in [0.5, 0.6) is 0 Å². The summed E-state index contributed by atoms with van der Waals surface area (Å²) in [5.41, 5.74) is -0.772. The van der Waals surface area contributed by atoms with Gasteiger partial charge in [-0.25, -0.2) is 4.98 Å². The van der Waals surface area contributed by atoms with E-state index >= 15 is 0 Å². The lowest BCUT2D eigenvalue weighted by Crippen LogP contribution is -2.08. The molecule has 0 atom stereocenters. The number of rotatable bonds is 2. The van der Waals surface area contributed by atoms with Crippen molar-refractivity contribution >= 4 is 12.3 Å². The summed E-state index contributed by atoms with van der Waals surface area (Å²) in [5, 5.41) is 3.70. The molecule has 0 saturated heterocycles. The van der Waals surface area contributed by atoms with Gasteiger partial charge in [-0.15, -0.1) is 3.89 Å². The van der Waals surface area contributed by atoms with Crippen LogP contribution in [0.25, 0.3) is 11.4 Å². The lowest BCUT2D eigenvalue weighted by atomic mass is 10.2. The van der Waals surface area contributed by atoms with Gasteiger partial charge in [-0.1, -0.05) is 6.07 Å². The Hall–Kier alpha value is -1.57. The van der Waals surface area contributed by atoms with Gasteiger partial charge in [0.2, 0.25) is 0 Å². The van der Waals surface area contributed by atoms with E-state index in [0.29, 0.717) is 0 Å². The fourth-order valence-corrected chi connectivity index (χ4v) is 1.44. The van der Waals surface area contributed by atoms with Crippen molar-refractivity contribution in [3.63, 3.8) is 0 Å². The molecular formula is C9H5F4N3S. The van der Waals surface area contributed by atoms with Gasteiger partial charge in [-0.3, -0.25) is 0 Å². The minimum absolute atomic E-state index is 0.0487. The summed E-state index contributed by atoms with van der Waals surface area (Å²) in [6, 6.07) is 4.86. The zero-order valence-corrected chi connectivity index (χ0v) is 8.96. The average Bonchev–Trinajstić information content (AvgIpc) is 2.76. The summed E-state index contributed by atoms with van der Waals surface area (Å²) >= 11 is -0.150. The molecule has 0 fully saturated rings. The van der Waals surface area contributed by atoms with Crippen molar-refractivity contribution in [2.45, 2.75) is 6.18 Å². The van der Waals surface area contributed by atoms with Crippen LogP contribution in [-0.4, -0.2) is 14.2 Å². The van der Waals surface area contributed by atoms with E-state index in [1.54, 1.807) is 0 Å². The highest BCUT2D eigenvalue weighted by molar-refractivity contribution is 7.92. The predicted octanol–water partition coefficient (Wildman–Crippen LogP) is 3.34. The van der Waals surface area contributed by atoms with Gasteiger partial charge in [0.05, 0.1) is 5.69 Å². The molecule has 2 rings (SSSR count). The van der Waals surface area contributed by atoms with E-state index in [2.05, 4.69) is 10.1 Å². The quantitative estimate of drug-likeness (QED) is 0.778. The van der Waals surface area contributed by atoms with Gasteiger partial charge in [0.1, 0.15) is 11.4 Å². The van der Waals surface area contributed by atoms with Crippen molar-refractivity contribution in [1.82, 2.24) is 14.2 Å². The molecule has 0 aliphatic rings. The zero-order valence-electron chi connectivity index (χ0n) is 8.15. The summed E-state index contributed by atoms with van der Waals surface area (Å²) in [7, 11) is 0. The van der Waals surface area contributed by atoms with Crippen molar-refractivity contribution in [3.05, 3.63) is 36.2 Å². The van der Waals surface area contributed by atoms with Crippen molar-refractivity contribution < 1.29 is 17.1 Å². The molecule has 2 heterocycles. The number of halogens is 4. The van der Waals surface area contributed by atoms with Gasteiger partial charge in [0.15, 0.2) is 12.3 Å². The molecule has 0 amide bonds. The maximum atomic E-state index is 12.4. The van der Waals surface area contributed by atoms with E-state index in [-0.39, 0.29) is 23.7 Å². The fourth-order valence-electron chi connectivity index (χ4n) is 1.22. The minimum atomic E-state index is -4.51. The monoisotopic (exact) mass is 263 g/mol. The van der Waals surface area contributed by atoms with Gasteiger partial charge in [-0.05, 0) is 18.2 Å². The van der Waals surface area contributed by atoms with Gasteiger partial charge in [-0.2, -0.15) is 22.4 Å². The largest absolute Gasteiger partial charge is 0.433 e. The second kappa shape index (κ2) is 4.36. The van der Waals surface area contributed by atoms with Crippen LogP contribution < -0.4 is 0 Å². The molecule has 2 aromatic heterocycles. The molecule has 0 unspecified atom stereocenters. The van der Waals surface area contributed by atoms with Crippen molar-refractivity contribution in [3.8, 4) is 11.4 Å². The van der Waals surface area contributed by atoms with Gasteiger partial charge in [0, 0.05) is 6.20 Å². The summed E-state index contributed by atoms with van der Waals surface area (Å²) in [6.45, 7) is 0. The second-order valence-electron chi connectivity index (χ2n) is 3.08. The molecule has 0 saturated carbocycles. The second-order valence-corrected chi connectivity index (χ2v) is 3.59. The highest BCUT2D eigenvalue weighted by Crippen LogP contribution is 2.29. The summed E-state index contributed by atoms with van der Waals surface area (Å²) in [5.74, 6) is 0. The van der Waals surface area contributed by atoms with Crippen molar-refractivity contribution in [2.24, 2.45) is 0 Å². The lowest BCUT2D eigenvalue weighted by molar-refractivity contribution is -0.141. The number of nitrogens with zero attached hydrogens (tertiary/aromatic N) is 3. The lowest BCUT2D eigenvalue weighted by Gasteiger charge is -2.05. The first-order chi connectivity index (χ1) is 8.00. The molecule has 0 aromatic carbocycles. The van der Waals surface area contributed by atoms with Crippen LogP contribution in [0, 0.1) is 0 Å². The fraction of sp³-hybridized carbons (Fsp3) is 0.111. The van der Waals surface area contributed by atoms with Crippen LogP contribution in [0.4, 0.5) is 17.1 Å². The summed E-state index contributed by atoms with van der Waals surface area (Å²) in [6.07, 6.45) is -3.21. The number of hydrogen-bond acceptors (Lipinski definition) is 3. The molecule has 0 aliphatic carbocycles. The smallest absolute Gasteiger partial charge is 0.242 e. The Morgan fingerprint density at radius 3 is 2.47 bits per heavy atom. The van der Waals surface area contributed by atoms with E-state index in [9.17, 15) is 17.1 Å². The van der Waals surface area contributed by atoms with E-state index in [1.165, 1.54) is 24.4 Å². The molecule has 8 heteroatoms. The molecule has 2 aromatic rings. The van der Waals surface area contributed by atoms with Crippen LogP contribution in [0.1, 0.15) is 5.69 Å². The van der Waals surface area contributed by atoms with Crippen molar-refractivity contribution in [2.75, 3.05) is 0 Å².